The zero-order valence-corrected chi connectivity index (χ0v) is 15.8. The highest BCUT2D eigenvalue weighted by atomic mass is 16.5. The van der Waals surface area contributed by atoms with Crippen molar-refractivity contribution in [2.75, 3.05) is 11.9 Å². The van der Waals surface area contributed by atoms with Crippen LogP contribution in [0.1, 0.15) is 30.4 Å². The first-order valence-corrected chi connectivity index (χ1v) is 9.55. The Bertz CT molecular complexity index is 906. The molecule has 1 atom stereocenters. The maximum atomic E-state index is 12.9. The number of ether oxygens (including phenoxy) is 1. The molecular formula is C22H23N3O3. The molecule has 0 aromatic heterocycles. The van der Waals surface area contributed by atoms with Crippen molar-refractivity contribution in [3.8, 4) is 0 Å². The van der Waals surface area contributed by atoms with Crippen LogP contribution in [0.2, 0.25) is 0 Å². The number of hydrogen-bond donors (Lipinski definition) is 1. The van der Waals surface area contributed by atoms with Gasteiger partial charge < -0.3 is 9.64 Å². The number of alkyl carbamates (subject to hydrolysis) is 1. The SMILES string of the molecule is CN1C(=O)[C@H](NC(=O)OCc2ccccc2)N=C(C2CCC2)c2ccccc21. The van der Waals surface area contributed by atoms with Crippen molar-refractivity contribution in [3.63, 3.8) is 0 Å². The van der Waals surface area contributed by atoms with E-state index in [1.165, 1.54) is 0 Å². The van der Waals surface area contributed by atoms with Crippen LogP contribution in [0.5, 0.6) is 0 Å². The Kier molecular flexibility index (Phi) is 5.10. The maximum Gasteiger partial charge on any atom is 0.409 e. The minimum Gasteiger partial charge on any atom is -0.445 e. The van der Waals surface area contributed by atoms with E-state index in [0.717, 1.165) is 41.8 Å². The number of carbonyl (C=O) groups excluding carboxylic acids is 2. The molecule has 1 saturated carbocycles. The van der Waals surface area contributed by atoms with Gasteiger partial charge >= 0.3 is 6.09 Å². The highest BCUT2D eigenvalue weighted by molar-refractivity contribution is 6.14. The van der Waals surface area contributed by atoms with E-state index in [9.17, 15) is 9.59 Å². The molecule has 2 aliphatic rings. The number of carbonyl (C=O) groups is 2. The van der Waals surface area contributed by atoms with Crippen LogP contribution in [0, 0.1) is 5.92 Å². The van der Waals surface area contributed by atoms with E-state index in [0.29, 0.717) is 5.92 Å². The molecule has 0 saturated heterocycles. The van der Waals surface area contributed by atoms with Gasteiger partial charge in [0.15, 0.2) is 0 Å². The molecule has 1 N–H and O–H groups in total. The Morgan fingerprint density at radius 1 is 1.14 bits per heavy atom. The van der Waals surface area contributed by atoms with Gasteiger partial charge in [-0.05, 0) is 24.5 Å². The van der Waals surface area contributed by atoms with Crippen LogP contribution in [-0.4, -0.2) is 30.9 Å². The number of para-hydroxylation sites is 1. The van der Waals surface area contributed by atoms with Crippen LogP contribution in [0.3, 0.4) is 0 Å². The monoisotopic (exact) mass is 377 g/mol. The zero-order valence-electron chi connectivity index (χ0n) is 15.8. The Labute approximate surface area is 164 Å². The molecule has 1 heterocycles. The number of nitrogens with zero attached hydrogens (tertiary/aromatic N) is 2. The fourth-order valence-corrected chi connectivity index (χ4v) is 3.53. The molecule has 1 aliphatic carbocycles. The third-order valence-electron chi connectivity index (χ3n) is 5.33. The molecule has 6 heteroatoms. The maximum absolute atomic E-state index is 12.9. The summed E-state index contributed by atoms with van der Waals surface area (Å²) in [6.45, 7) is 0.142. The second-order valence-electron chi connectivity index (χ2n) is 7.17. The van der Waals surface area contributed by atoms with Crippen molar-refractivity contribution in [2.24, 2.45) is 10.9 Å². The van der Waals surface area contributed by atoms with E-state index < -0.39 is 12.3 Å². The van der Waals surface area contributed by atoms with Gasteiger partial charge in [0.05, 0.1) is 11.4 Å². The van der Waals surface area contributed by atoms with Gasteiger partial charge in [-0.3, -0.25) is 15.1 Å². The van der Waals surface area contributed by atoms with Crippen molar-refractivity contribution in [2.45, 2.75) is 32.0 Å². The summed E-state index contributed by atoms with van der Waals surface area (Å²) < 4.78 is 5.28. The lowest BCUT2D eigenvalue weighted by atomic mass is 9.79. The van der Waals surface area contributed by atoms with E-state index in [1.807, 2.05) is 54.6 Å². The molecule has 0 bridgehead atoms. The number of amides is 2. The van der Waals surface area contributed by atoms with E-state index in [4.69, 9.17) is 4.74 Å². The molecule has 144 valence electrons. The highest BCUT2D eigenvalue weighted by Gasteiger charge is 2.34. The number of benzene rings is 2. The fourth-order valence-electron chi connectivity index (χ4n) is 3.53. The van der Waals surface area contributed by atoms with Gasteiger partial charge in [-0.25, -0.2) is 4.79 Å². The summed E-state index contributed by atoms with van der Waals surface area (Å²) in [7, 11) is 1.71. The van der Waals surface area contributed by atoms with Gasteiger partial charge in [0.25, 0.3) is 5.91 Å². The summed E-state index contributed by atoms with van der Waals surface area (Å²) in [5.41, 5.74) is 3.56. The minimum absolute atomic E-state index is 0.142. The smallest absolute Gasteiger partial charge is 0.409 e. The third kappa shape index (κ3) is 3.63. The first-order chi connectivity index (χ1) is 13.6. The van der Waals surface area contributed by atoms with Gasteiger partial charge in [-0.1, -0.05) is 55.0 Å². The lowest BCUT2D eigenvalue weighted by Gasteiger charge is -2.28. The Morgan fingerprint density at radius 2 is 1.86 bits per heavy atom. The first kappa shape index (κ1) is 18.2. The average molecular weight is 377 g/mol. The second-order valence-corrected chi connectivity index (χ2v) is 7.17. The van der Waals surface area contributed by atoms with Gasteiger partial charge in [0.1, 0.15) is 6.61 Å². The van der Waals surface area contributed by atoms with Crippen LogP contribution < -0.4 is 10.2 Å². The molecule has 28 heavy (non-hydrogen) atoms. The van der Waals surface area contributed by atoms with Gasteiger partial charge in [-0.15, -0.1) is 0 Å². The van der Waals surface area contributed by atoms with Crippen LogP contribution in [0.25, 0.3) is 0 Å². The van der Waals surface area contributed by atoms with Crippen LogP contribution in [0.4, 0.5) is 10.5 Å². The number of nitrogens with one attached hydrogen (secondary N) is 1. The molecule has 4 rings (SSSR count). The summed E-state index contributed by atoms with van der Waals surface area (Å²) in [6, 6.07) is 17.2. The van der Waals surface area contributed by atoms with E-state index in [-0.39, 0.29) is 12.5 Å². The molecule has 1 fully saturated rings. The zero-order chi connectivity index (χ0) is 19.5. The van der Waals surface area contributed by atoms with Crippen molar-refractivity contribution in [1.29, 1.82) is 0 Å². The fraction of sp³-hybridized carbons (Fsp3) is 0.318. The van der Waals surface area contributed by atoms with E-state index in [2.05, 4.69) is 10.3 Å². The molecule has 1 aliphatic heterocycles. The average Bonchev–Trinajstić information content (AvgIpc) is 2.78. The summed E-state index contributed by atoms with van der Waals surface area (Å²) in [5, 5.41) is 2.64. The predicted molar refractivity (Wildman–Crippen MR) is 107 cm³/mol. The molecule has 2 aromatic carbocycles. The first-order valence-electron chi connectivity index (χ1n) is 9.55. The van der Waals surface area contributed by atoms with Gasteiger partial charge in [-0.2, -0.15) is 0 Å². The quantitative estimate of drug-likeness (QED) is 0.886. The Morgan fingerprint density at radius 3 is 2.57 bits per heavy atom. The second kappa shape index (κ2) is 7.84. The number of fused-ring (bicyclic) bond motifs is 1. The normalized spacial score (nSPS) is 19.2. The van der Waals surface area contributed by atoms with Crippen LogP contribution >= 0.6 is 0 Å². The number of likely N-dealkylation sites (N-methyl/N-ethyl adjacent to an activating group) is 1. The summed E-state index contributed by atoms with van der Waals surface area (Å²) in [4.78, 5) is 31.5. The highest BCUT2D eigenvalue weighted by Crippen LogP contribution is 2.35. The predicted octanol–water partition coefficient (Wildman–Crippen LogP) is 3.50. The standard InChI is InChI=1S/C22H23N3O3/c1-25-18-13-6-5-12-17(18)19(16-10-7-11-16)23-20(21(25)26)24-22(27)28-14-15-8-3-2-4-9-15/h2-6,8-9,12-13,16,20H,7,10-11,14H2,1H3,(H,24,27)/t20-/m0/s1. The molecule has 6 nitrogen and oxygen atoms in total. The van der Waals surface area contributed by atoms with Crippen LogP contribution in [-0.2, 0) is 16.1 Å². The van der Waals surface area contributed by atoms with Gasteiger partial charge in [0.2, 0.25) is 6.17 Å². The number of hydrogen-bond acceptors (Lipinski definition) is 4. The Balaban J connectivity index is 1.54. The number of aliphatic imine (C=N–C) groups is 1. The Hall–Kier alpha value is -3.15. The summed E-state index contributed by atoms with van der Waals surface area (Å²) >= 11 is 0. The molecule has 0 radical (unpaired) electrons. The number of anilines is 1. The van der Waals surface area contributed by atoms with Crippen molar-refractivity contribution >= 4 is 23.4 Å². The summed E-state index contributed by atoms with van der Waals surface area (Å²) in [5.74, 6) is 0.0449. The van der Waals surface area contributed by atoms with E-state index in [1.54, 1.807) is 11.9 Å². The number of benzodiazepines with no additional fused rings is 1. The van der Waals surface area contributed by atoms with Crippen molar-refractivity contribution < 1.29 is 14.3 Å². The summed E-state index contributed by atoms with van der Waals surface area (Å²) in [6.07, 6.45) is 1.62. The van der Waals surface area contributed by atoms with Crippen molar-refractivity contribution in [1.82, 2.24) is 5.32 Å². The topological polar surface area (TPSA) is 71.0 Å². The largest absolute Gasteiger partial charge is 0.445 e. The third-order valence-corrected chi connectivity index (χ3v) is 5.33. The molecule has 2 aromatic rings. The lowest BCUT2D eigenvalue weighted by molar-refractivity contribution is -0.120. The molecule has 0 spiro atoms. The molecular weight excluding hydrogens is 354 g/mol. The minimum atomic E-state index is -0.990. The van der Waals surface area contributed by atoms with Crippen molar-refractivity contribution in [3.05, 3.63) is 65.7 Å². The van der Waals surface area contributed by atoms with E-state index >= 15 is 0 Å². The number of rotatable bonds is 4. The van der Waals surface area contributed by atoms with Gasteiger partial charge in [0, 0.05) is 18.5 Å². The molecule has 0 unspecified atom stereocenters. The molecule has 2 amide bonds. The van der Waals surface area contributed by atoms with Crippen LogP contribution in [0.15, 0.2) is 59.6 Å². The lowest BCUT2D eigenvalue weighted by Crippen LogP contribution is -2.46.